The molecule has 0 radical (unpaired) electrons. The van der Waals surface area contributed by atoms with E-state index in [-0.39, 0.29) is 6.10 Å². The minimum Gasteiger partial charge on any atom is -0.494 e. The molecule has 2 aliphatic rings. The van der Waals surface area contributed by atoms with Crippen LogP contribution in [0.3, 0.4) is 0 Å². The first-order valence-electron chi connectivity index (χ1n) is 10.9. The van der Waals surface area contributed by atoms with E-state index in [1.54, 1.807) is 0 Å². The fourth-order valence-corrected chi connectivity index (χ4v) is 4.96. The van der Waals surface area contributed by atoms with Gasteiger partial charge in [0.1, 0.15) is 17.6 Å². The lowest BCUT2D eigenvalue weighted by Crippen LogP contribution is -2.48. The molecule has 1 unspecified atom stereocenters. The smallest absolute Gasteiger partial charge is 0.191 e. The normalized spacial score (nSPS) is 19.4. The molecule has 2 aliphatic heterocycles. The molecule has 2 N–H and O–H groups in total. The van der Waals surface area contributed by atoms with Crippen LogP contribution in [0.25, 0.3) is 0 Å². The lowest BCUT2D eigenvalue weighted by atomic mass is 10.1. The van der Waals surface area contributed by atoms with Crippen molar-refractivity contribution >= 4 is 22.3 Å². The average molecular weight is 429 g/mol. The molecule has 0 bridgehead atoms. The van der Waals surface area contributed by atoms with Gasteiger partial charge in [-0.3, -0.25) is 4.99 Å². The number of anilines is 1. The number of aliphatic imine (C=N–C) groups is 1. The van der Waals surface area contributed by atoms with E-state index >= 15 is 0 Å². The summed E-state index contributed by atoms with van der Waals surface area (Å²) in [6, 6.07) is 9.01. The molecule has 1 fully saturated rings. The number of hydrogen-bond donors (Lipinski definition) is 2. The van der Waals surface area contributed by atoms with Crippen molar-refractivity contribution in [3.05, 3.63) is 40.8 Å². The van der Waals surface area contributed by atoms with E-state index in [1.807, 2.05) is 25.3 Å². The van der Waals surface area contributed by atoms with Gasteiger partial charge in [0.05, 0.1) is 11.6 Å². The molecule has 1 aromatic carbocycles. The highest BCUT2D eigenvalue weighted by Crippen LogP contribution is 2.35. The Morgan fingerprint density at radius 1 is 1.33 bits per heavy atom. The molecular weight excluding hydrogens is 396 g/mol. The van der Waals surface area contributed by atoms with Crippen LogP contribution in [0.1, 0.15) is 37.8 Å². The molecule has 7 heteroatoms. The standard InChI is InChI=1S/C23H32N4O2S/c1-4-28-20-13-17-12-16(2)29-21(17)14-18(20)15-25-23(24-3)26-19-7-9-27(10-8-19)22-6-5-11-30-22/h5-6,11,13-14,16,19H,4,7-10,12,15H2,1-3H3,(H2,24,25,26). The monoisotopic (exact) mass is 428 g/mol. The van der Waals surface area contributed by atoms with E-state index in [0.717, 1.165) is 55.4 Å². The van der Waals surface area contributed by atoms with Crippen LogP contribution < -0.4 is 25.0 Å². The second-order valence-corrected chi connectivity index (χ2v) is 8.84. The van der Waals surface area contributed by atoms with Gasteiger partial charge in [-0.1, -0.05) is 0 Å². The van der Waals surface area contributed by atoms with Crippen molar-refractivity contribution in [2.24, 2.45) is 4.99 Å². The van der Waals surface area contributed by atoms with Crippen molar-refractivity contribution in [3.8, 4) is 11.5 Å². The number of piperidine rings is 1. The second-order valence-electron chi connectivity index (χ2n) is 7.92. The van der Waals surface area contributed by atoms with Gasteiger partial charge < -0.3 is 25.0 Å². The SMILES string of the molecule is CCOc1cc2c(cc1CNC(=NC)NC1CCN(c3cccs3)CC1)OC(C)C2. The van der Waals surface area contributed by atoms with Gasteiger partial charge in [-0.2, -0.15) is 0 Å². The van der Waals surface area contributed by atoms with Gasteiger partial charge in [0.2, 0.25) is 0 Å². The van der Waals surface area contributed by atoms with Crippen LogP contribution >= 0.6 is 11.3 Å². The first-order chi connectivity index (χ1) is 14.7. The van der Waals surface area contributed by atoms with E-state index in [2.05, 4.69) is 57.1 Å². The van der Waals surface area contributed by atoms with Crippen molar-refractivity contribution in [2.45, 2.75) is 51.8 Å². The fourth-order valence-electron chi connectivity index (χ4n) is 4.17. The Morgan fingerprint density at radius 2 is 2.17 bits per heavy atom. The van der Waals surface area contributed by atoms with Gasteiger partial charge in [0.15, 0.2) is 5.96 Å². The van der Waals surface area contributed by atoms with Crippen molar-refractivity contribution in [2.75, 3.05) is 31.6 Å². The third-order valence-electron chi connectivity index (χ3n) is 5.70. The molecule has 0 saturated carbocycles. The van der Waals surface area contributed by atoms with E-state index in [9.17, 15) is 0 Å². The average Bonchev–Trinajstić information content (AvgIpc) is 3.40. The van der Waals surface area contributed by atoms with Crippen LogP contribution in [0.15, 0.2) is 34.6 Å². The van der Waals surface area contributed by atoms with Crippen LogP contribution in [0.4, 0.5) is 5.00 Å². The van der Waals surface area contributed by atoms with Crippen LogP contribution in [0.5, 0.6) is 11.5 Å². The van der Waals surface area contributed by atoms with Crippen LogP contribution in [-0.2, 0) is 13.0 Å². The largest absolute Gasteiger partial charge is 0.494 e. The van der Waals surface area contributed by atoms with E-state index < -0.39 is 0 Å². The number of ether oxygens (including phenoxy) is 2. The number of nitrogens with one attached hydrogen (secondary N) is 2. The Balaban J connectivity index is 1.33. The molecule has 6 nitrogen and oxygen atoms in total. The summed E-state index contributed by atoms with van der Waals surface area (Å²) < 4.78 is 11.8. The summed E-state index contributed by atoms with van der Waals surface area (Å²) in [7, 11) is 1.83. The molecule has 3 heterocycles. The summed E-state index contributed by atoms with van der Waals surface area (Å²) in [4.78, 5) is 6.91. The lowest BCUT2D eigenvalue weighted by molar-refractivity contribution is 0.254. The predicted octanol–water partition coefficient (Wildman–Crippen LogP) is 3.80. The molecule has 0 spiro atoms. The van der Waals surface area contributed by atoms with Crippen molar-refractivity contribution < 1.29 is 9.47 Å². The van der Waals surface area contributed by atoms with Crippen molar-refractivity contribution in [1.82, 2.24) is 10.6 Å². The second kappa shape index (κ2) is 9.60. The molecule has 1 atom stereocenters. The molecule has 4 rings (SSSR count). The number of benzene rings is 1. The molecule has 1 saturated heterocycles. The van der Waals surface area contributed by atoms with Crippen LogP contribution in [0.2, 0.25) is 0 Å². The zero-order valence-electron chi connectivity index (χ0n) is 18.1. The summed E-state index contributed by atoms with van der Waals surface area (Å²) in [6.07, 6.45) is 3.38. The zero-order chi connectivity index (χ0) is 20.9. The van der Waals surface area contributed by atoms with E-state index in [0.29, 0.717) is 19.2 Å². The Hall–Kier alpha value is -2.41. The molecule has 0 amide bonds. The van der Waals surface area contributed by atoms with Crippen LogP contribution in [-0.4, -0.2) is 44.8 Å². The number of thiophene rings is 1. The minimum atomic E-state index is 0.229. The zero-order valence-corrected chi connectivity index (χ0v) is 18.9. The molecule has 162 valence electrons. The number of rotatable bonds is 6. The Morgan fingerprint density at radius 3 is 2.87 bits per heavy atom. The maximum absolute atomic E-state index is 5.94. The molecule has 2 aromatic rings. The number of fused-ring (bicyclic) bond motifs is 1. The predicted molar refractivity (Wildman–Crippen MR) is 124 cm³/mol. The van der Waals surface area contributed by atoms with Gasteiger partial charge >= 0.3 is 0 Å². The fraction of sp³-hybridized carbons (Fsp3) is 0.522. The number of hydrogen-bond acceptors (Lipinski definition) is 5. The molecule has 0 aliphatic carbocycles. The third kappa shape index (κ3) is 4.83. The highest BCUT2D eigenvalue weighted by Gasteiger charge is 2.23. The van der Waals surface area contributed by atoms with E-state index in [1.165, 1.54) is 10.6 Å². The first kappa shape index (κ1) is 20.8. The summed E-state index contributed by atoms with van der Waals surface area (Å²) in [5.74, 6) is 2.75. The summed E-state index contributed by atoms with van der Waals surface area (Å²) in [6.45, 7) is 7.57. The quantitative estimate of drug-likeness (QED) is 0.541. The van der Waals surface area contributed by atoms with Crippen LogP contribution in [0, 0.1) is 0 Å². The number of guanidine groups is 1. The topological polar surface area (TPSA) is 58.1 Å². The lowest BCUT2D eigenvalue weighted by Gasteiger charge is -2.33. The van der Waals surface area contributed by atoms with Gasteiger partial charge in [-0.25, -0.2) is 0 Å². The Bertz CT molecular complexity index is 860. The maximum Gasteiger partial charge on any atom is 0.191 e. The molecular formula is C23H32N4O2S. The highest BCUT2D eigenvalue weighted by molar-refractivity contribution is 7.14. The maximum atomic E-state index is 5.94. The number of nitrogens with zero attached hydrogens (tertiary/aromatic N) is 2. The summed E-state index contributed by atoms with van der Waals surface area (Å²) >= 11 is 1.82. The van der Waals surface area contributed by atoms with E-state index in [4.69, 9.17) is 9.47 Å². The van der Waals surface area contributed by atoms with Gasteiger partial charge in [0, 0.05) is 50.3 Å². The van der Waals surface area contributed by atoms with Crippen molar-refractivity contribution in [1.29, 1.82) is 0 Å². The van der Waals surface area contributed by atoms with Gasteiger partial charge in [-0.15, -0.1) is 11.3 Å². The molecule has 1 aromatic heterocycles. The first-order valence-corrected chi connectivity index (χ1v) is 11.7. The van der Waals surface area contributed by atoms with Crippen molar-refractivity contribution in [3.63, 3.8) is 0 Å². The van der Waals surface area contributed by atoms with Gasteiger partial charge in [-0.05, 0) is 56.3 Å². The third-order valence-corrected chi connectivity index (χ3v) is 6.63. The summed E-state index contributed by atoms with van der Waals surface area (Å²) in [5, 5.41) is 10.6. The molecule has 30 heavy (non-hydrogen) atoms. The summed E-state index contributed by atoms with van der Waals surface area (Å²) in [5.41, 5.74) is 2.33. The Labute approximate surface area is 183 Å². The minimum absolute atomic E-state index is 0.229. The van der Waals surface area contributed by atoms with Gasteiger partial charge in [0.25, 0.3) is 0 Å². The highest BCUT2D eigenvalue weighted by atomic mass is 32.1. The Kier molecular flexibility index (Phi) is 6.67.